The summed E-state index contributed by atoms with van der Waals surface area (Å²) in [6, 6.07) is 27.7. The molecule has 34 heavy (non-hydrogen) atoms. The fourth-order valence-corrected chi connectivity index (χ4v) is 5.43. The van der Waals surface area contributed by atoms with E-state index in [-0.39, 0.29) is 17.1 Å². The molecule has 4 aromatic carbocycles. The van der Waals surface area contributed by atoms with Crippen molar-refractivity contribution in [1.29, 1.82) is 0 Å². The number of nitrogens with zero attached hydrogens (tertiary/aromatic N) is 1. The summed E-state index contributed by atoms with van der Waals surface area (Å²) >= 11 is 1.40. The van der Waals surface area contributed by atoms with E-state index < -0.39 is 0 Å². The molecule has 0 aliphatic heterocycles. The maximum Gasteiger partial charge on any atom is 0.238 e. The highest BCUT2D eigenvalue weighted by molar-refractivity contribution is 7.19. The number of hydrogen-bond donors (Lipinski definition) is 0. The summed E-state index contributed by atoms with van der Waals surface area (Å²) in [4.78, 5) is 30.6. The smallest absolute Gasteiger partial charge is 0.238 e. The van der Waals surface area contributed by atoms with Crippen molar-refractivity contribution in [2.75, 3.05) is 0 Å². The van der Waals surface area contributed by atoms with E-state index in [1.54, 1.807) is 18.2 Å². The molecule has 0 saturated carbocycles. The lowest BCUT2D eigenvalue weighted by Crippen LogP contribution is -2.00. The average Bonchev–Trinajstić information content (AvgIpc) is 3.50. The number of allylic oxidation sites excluding steroid dienone is 1. The van der Waals surface area contributed by atoms with Crippen LogP contribution in [0.3, 0.4) is 0 Å². The number of aromatic nitrogens is 1. The summed E-state index contributed by atoms with van der Waals surface area (Å²) in [5.41, 5.74) is 2.53. The molecule has 0 unspecified atom stereocenters. The second-order valence-electron chi connectivity index (χ2n) is 8.36. The van der Waals surface area contributed by atoms with Crippen LogP contribution < -0.4 is 0 Å². The van der Waals surface area contributed by atoms with E-state index in [1.165, 1.54) is 16.7 Å². The molecule has 5 heteroatoms. The van der Waals surface area contributed by atoms with Crippen LogP contribution in [0.1, 0.15) is 25.7 Å². The zero-order valence-corrected chi connectivity index (χ0v) is 18.6. The molecular weight excluding hydrogens is 442 g/mol. The van der Waals surface area contributed by atoms with Gasteiger partial charge in [-0.25, -0.2) is 4.98 Å². The fraction of sp³-hybridized carbons (Fsp3) is 0. The normalized spacial score (nSPS) is 13.4. The van der Waals surface area contributed by atoms with Gasteiger partial charge in [-0.1, -0.05) is 60.7 Å². The number of carbonyl (C=O) groups is 2. The summed E-state index contributed by atoms with van der Waals surface area (Å²) in [7, 11) is 0. The molecule has 7 rings (SSSR count). The van der Waals surface area contributed by atoms with Crippen molar-refractivity contribution in [3.8, 4) is 11.3 Å². The third-order valence-electron chi connectivity index (χ3n) is 6.27. The molecule has 2 heterocycles. The Morgan fingerprint density at radius 1 is 0.706 bits per heavy atom. The second-order valence-corrected chi connectivity index (χ2v) is 9.42. The van der Waals surface area contributed by atoms with E-state index in [4.69, 9.17) is 4.42 Å². The Morgan fingerprint density at radius 2 is 1.32 bits per heavy atom. The minimum absolute atomic E-state index is 0.150. The molecule has 0 radical (unpaired) electrons. The molecule has 1 aliphatic rings. The number of ketones is 2. The number of hydrogen-bond acceptors (Lipinski definition) is 5. The van der Waals surface area contributed by atoms with Gasteiger partial charge in [-0.05, 0) is 45.8 Å². The monoisotopic (exact) mass is 457 g/mol. The Kier molecular flexibility index (Phi) is 3.98. The number of furan rings is 1. The number of rotatable bonds is 2. The predicted octanol–water partition coefficient (Wildman–Crippen LogP) is 7.33. The van der Waals surface area contributed by atoms with E-state index in [0.717, 1.165) is 32.2 Å². The number of fused-ring (bicyclic) bond motifs is 4. The summed E-state index contributed by atoms with van der Waals surface area (Å²) < 4.78 is 6.89. The standard InChI is InChI=1S/C29H15NO3S/c31-27-21-12-18-7-3-4-8-19(18)13-22(21)28(32)23(27)14-26-30-29-25(34-26)15-24(33-29)20-10-9-16-5-1-2-6-17(16)11-20/h1-15H. The molecule has 0 amide bonds. The first-order valence-electron chi connectivity index (χ1n) is 10.9. The lowest BCUT2D eigenvalue weighted by Gasteiger charge is -2.00. The molecule has 1 aliphatic carbocycles. The molecule has 160 valence electrons. The van der Waals surface area contributed by atoms with Crippen LogP contribution >= 0.6 is 11.3 Å². The van der Waals surface area contributed by atoms with E-state index in [0.29, 0.717) is 21.8 Å². The Labute approximate surface area is 197 Å². The van der Waals surface area contributed by atoms with Crippen LogP contribution in [-0.4, -0.2) is 16.6 Å². The maximum atomic E-state index is 13.0. The van der Waals surface area contributed by atoms with E-state index in [2.05, 4.69) is 29.2 Å². The first-order valence-corrected chi connectivity index (χ1v) is 11.7. The van der Waals surface area contributed by atoms with Crippen molar-refractivity contribution in [1.82, 2.24) is 4.98 Å². The maximum absolute atomic E-state index is 13.0. The molecule has 4 nitrogen and oxygen atoms in total. The van der Waals surface area contributed by atoms with Gasteiger partial charge in [0, 0.05) is 22.8 Å². The molecule has 0 bridgehead atoms. The minimum Gasteiger partial charge on any atom is -0.437 e. The second kappa shape index (κ2) is 7.07. The van der Waals surface area contributed by atoms with Gasteiger partial charge in [0.2, 0.25) is 5.71 Å². The number of carbonyl (C=O) groups excluding carboxylic acids is 2. The van der Waals surface area contributed by atoms with E-state index >= 15 is 0 Å². The quantitative estimate of drug-likeness (QED) is 0.202. The van der Waals surface area contributed by atoms with Crippen molar-refractivity contribution >= 4 is 60.9 Å². The third-order valence-corrected chi connectivity index (χ3v) is 7.20. The van der Waals surface area contributed by atoms with Crippen LogP contribution in [0.4, 0.5) is 0 Å². The zero-order valence-electron chi connectivity index (χ0n) is 17.7. The molecule has 6 aromatic rings. The van der Waals surface area contributed by atoms with E-state index in [9.17, 15) is 9.59 Å². The summed E-state index contributed by atoms with van der Waals surface area (Å²) in [5.74, 6) is 0.231. The van der Waals surface area contributed by atoms with Gasteiger partial charge < -0.3 is 4.42 Å². The molecular formula is C29H15NO3S. The molecule has 0 atom stereocenters. The van der Waals surface area contributed by atoms with Gasteiger partial charge in [0.05, 0.1) is 10.3 Å². The highest BCUT2D eigenvalue weighted by Gasteiger charge is 2.33. The molecule has 0 spiro atoms. The number of Topliss-reactive ketones (excluding diaryl/α,β-unsaturated/α-hetero) is 2. The molecule has 0 fully saturated rings. The Morgan fingerprint density at radius 3 is 1.97 bits per heavy atom. The summed E-state index contributed by atoms with van der Waals surface area (Å²) in [5, 5.41) is 4.77. The zero-order chi connectivity index (χ0) is 22.8. The van der Waals surface area contributed by atoms with Crippen LogP contribution in [0, 0.1) is 0 Å². The van der Waals surface area contributed by atoms with Crippen LogP contribution in [0.15, 0.2) is 94.9 Å². The van der Waals surface area contributed by atoms with Crippen LogP contribution in [0.2, 0.25) is 0 Å². The van der Waals surface area contributed by atoms with Gasteiger partial charge >= 0.3 is 0 Å². The third kappa shape index (κ3) is 2.87. The van der Waals surface area contributed by atoms with E-state index in [1.807, 2.05) is 48.5 Å². The van der Waals surface area contributed by atoms with Gasteiger partial charge in [-0.2, -0.15) is 0 Å². The first-order chi connectivity index (χ1) is 16.6. The average molecular weight is 458 g/mol. The summed E-state index contributed by atoms with van der Waals surface area (Å²) in [6.07, 6.45) is 1.59. The highest BCUT2D eigenvalue weighted by atomic mass is 32.1. The van der Waals surface area contributed by atoms with Gasteiger partial charge in [0.25, 0.3) is 0 Å². The minimum atomic E-state index is -0.255. The van der Waals surface area contributed by atoms with Crippen LogP contribution in [0.5, 0.6) is 0 Å². The Bertz CT molecular complexity index is 1770. The number of benzene rings is 4. The first kappa shape index (κ1) is 19.1. The van der Waals surface area contributed by atoms with Crippen molar-refractivity contribution in [3.05, 3.63) is 107 Å². The molecule has 2 aromatic heterocycles. The SMILES string of the molecule is O=C1C(=Cc2nc3oc(-c4ccc5ccccc5c4)cc3s2)C(=O)c2cc3ccccc3cc21. The van der Waals surface area contributed by atoms with Crippen molar-refractivity contribution < 1.29 is 14.0 Å². The van der Waals surface area contributed by atoms with Crippen molar-refractivity contribution in [2.24, 2.45) is 0 Å². The molecule has 0 N–H and O–H groups in total. The van der Waals surface area contributed by atoms with Gasteiger partial charge in [0.15, 0.2) is 11.6 Å². The largest absolute Gasteiger partial charge is 0.437 e. The number of thiazole rings is 1. The highest BCUT2D eigenvalue weighted by Crippen LogP contribution is 2.36. The lowest BCUT2D eigenvalue weighted by atomic mass is 10.0. The Balaban J connectivity index is 1.25. The predicted molar refractivity (Wildman–Crippen MR) is 135 cm³/mol. The van der Waals surface area contributed by atoms with Crippen molar-refractivity contribution in [2.45, 2.75) is 0 Å². The fourth-order valence-electron chi connectivity index (χ4n) is 4.56. The lowest BCUT2D eigenvalue weighted by molar-refractivity contribution is 0.0990. The summed E-state index contributed by atoms with van der Waals surface area (Å²) in [6.45, 7) is 0. The van der Waals surface area contributed by atoms with Gasteiger partial charge in [0.1, 0.15) is 10.8 Å². The van der Waals surface area contributed by atoms with Gasteiger partial charge in [-0.15, -0.1) is 11.3 Å². The van der Waals surface area contributed by atoms with Crippen LogP contribution in [0.25, 0.3) is 49.4 Å². The molecule has 0 saturated heterocycles. The van der Waals surface area contributed by atoms with Crippen LogP contribution in [-0.2, 0) is 0 Å². The Hall–Kier alpha value is -4.35. The topological polar surface area (TPSA) is 60.2 Å². The van der Waals surface area contributed by atoms with Gasteiger partial charge in [-0.3, -0.25) is 9.59 Å². The van der Waals surface area contributed by atoms with Crippen molar-refractivity contribution in [3.63, 3.8) is 0 Å².